The summed E-state index contributed by atoms with van der Waals surface area (Å²) in [6.07, 6.45) is 1.88. The zero-order valence-electron chi connectivity index (χ0n) is 22.2. The predicted molar refractivity (Wildman–Crippen MR) is 161 cm³/mol. The van der Waals surface area contributed by atoms with Crippen molar-refractivity contribution in [2.24, 2.45) is 5.92 Å². The van der Waals surface area contributed by atoms with Gasteiger partial charge in [-0.2, -0.15) is 21.4 Å². The third-order valence-corrected chi connectivity index (χ3v) is 8.96. The lowest BCUT2D eigenvalue weighted by Gasteiger charge is -2.27. The van der Waals surface area contributed by atoms with Crippen LogP contribution in [0.3, 0.4) is 0 Å². The van der Waals surface area contributed by atoms with E-state index in [1.807, 2.05) is 30.3 Å². The third-order valence-electron chi connectivity index (χ3n) is 6.23. The SMILES string of the molecule is CC(C)CCOc1ccc(-c2ccc(C(C)(S)c3ccc(C(F)(F)P(=O)(O)O)c(Br)c3)cc2)cc1NS(C)(=O)=O. The maximum atomic E-state index is 14.3. The summed E-state index contributed by atoms with van der Waals surface area (Å²) in [5.74, 6) is 0.856. The fraction of sp³-hybridized carbons (Fsp3) is 0.333. The summed E-state index contributed by atoms with van der Waals surface area (Å²) >= 11 is 7.79. The van der Waals surface area contributed by atoms with Gasteiger partial charge in [0.05, 0.1) is 23.3 Å². The first-order chi connectivity index (χ1) is 18.3. The van der Waals surface area contributed by atoms with Crippen molar-refractivity contribution in [3.8, 4) is 16.9 Å². The number of nitrogens with one attached hydrogen (secondary N) is 1. The van der Waals surface area contributed by atoms with Crippen molar-refractivity contribution in [2.75, 3.05) is 17.6 Å². The van der Waals surface area contributed by atoms with Crippen molar-refractivity contribution in [1.82, 2.24) is 0 Å². The van der Waals surface area contributed by atoms with E-state index in [9.17, 15) is 21.8 Å². The topological polar surface area (TPSA) is 113 Å². The Hall–Kier alpha value is -1.95. The van der Waals surface area contributed by atoms with E-state index in [2.05, 4.69) is 34.5 Å². The Bertz CT molecular complexity index is 1530. The molecule has 1 unspecified atom stereocenters. The van der Waals surface area contributed by atoms with Gasteiger partial charge in [-0.05, 0) is 59.7 Å². The van der Waals surface area contributed by atoms with Crippen LogP contribution in [0.1, 0.15) is 43.9 Å². The van der Waals surface area contributed by atoms with Crippen molar-refractivity contribution in [2.45, 2.75) is 37.6 Å². The summed E-state index contributed by atoms with van der Waals surface area (Å²) in [6, 6.07) is 16.2. The zero-order valence-corrected chi connectivity index (χ0v) is 26.4. The largest absolute Gasteiger partial charge is 0.491 e. The van der Waals surface area contributed by atoms with Gasteiger partial charge in [0.25, 0.3) is 0 Å². The minimum Gasteiger partial charge on any atom is -0.491 e. The number of ether oxygens (including phenoxy) is 1. The molecule has 3 aromatic carbocycles. The average molecular weight is 679 g/mol. The number of hydrogen-bond donors (Lipinski definition) is 4. The van der Waals surface area contributed by atoms with Crippen molar-refractivity contribution < 1.29 is 36.3 Å². The molecule has 3 aromatic rings. The van der Waals surface area contributed by atoms with Crippen molar-refractivity contribution in [3.63, 3.8) is 0 Å². The van der Waals surface area contributed by atoms with Gasteiger partial charge in [-0.3, -0.25) is 9.29 Å². The highest BCUT2D eigenvalue weighted by Gasteiger charge is 2.51. The molecule has 0 aromatic heterocycles. The van der Waals surface area contributed by atoms with Crippen LogP contribution in [0.4, 0.5) is 14.5 Å². The lowest BCUT2D eigenvalue weighted by atomic mass is 9.90. The summed E-state index contributed by atoms with van der Waals surface area (Å²) in [5, 5.41) is 0. The summed E-state index contributed by atoms with van der Waals surface area (Å²) < 4.78 is 71.0. The minimum atomic E-state index is -5.72. The number of halogens is 3. The molecule has 1 atom stereocenters. The fourth-order valence-electron chi connectivity index (χ4n) is 3.89. The first kappa shape index (κ1) is 32.6. The number of rotatable bonds is 11. The van der Waals surface area contributed by atoms with E-state index >= 15 is 0 Å². The van der Waals surface area contributed by atoms with Crippen LogP contribution >= 0.6 is 36.2 Å². The second-order valence-electron chi connectivity index (χ2n) is 10.0. The molecule has 3 rings (SSSR count). The number of hydrogen-bond acceptors (Lipinski definition) is 5. The normalized spacial score (nSPS) is 14.2. The highest BCUT2D eigenvalue weighted by Crippen LogP contribution is 2.60. The van der Waals surface area contributed by atoms with Gasteiger partial charge in [-0.15, -0.1) is 0 Å². The van der Waals surface area contributed by atoms with Crippen molar-refractivity contribution in [1.29, 1.82) is 0 Å². The monoisotopic (exact) mass is 677 g/mol. The molecule has 13 heteroatoms. The number of thiol groups is 1. The molecule has 7 nitrogen and oxygen atoms in total. The quantitative estimate of drug-likeness (QED) is 0.125. The van der Waals surface area contributed by atoms with Crippen LogP contribution in [0, 0.1) is 5.92 Å². The Balaban J connectivity index is 1.92. The molecule has 0 saturated carbocycles. The molecular formula is C27H31BrF2NO6PS2. The Labute approximate surface area is 247 Å². The van der Waals surface area contributed by atoms with E-state index in [1.165, 1.54) is 12.1 Å². The van der Waals surface area contributed by atoms with Crippen molar-refractivity contribution >= 4 is 51.9 Å². The fourth-order valence-corrected chi connectivity index (χ4v) is 6.03. The average Bonchev–Trinajstić information content (AvgIpc) is 2.83. The molecule has 3 N–H and O–H groups in total. The molecule has 0 amide bonds. The third kappa shape index (κ3) is 7.66. The second kappa shape index (κ2) is 12.1. The van der Waals surface area contributed by atoms with E-state index < -0.39 is 33.6 Å². The van der Waals surface area contributed by atoms with Gasteiger partial charge in [0.15, 0.2) is 0 Å². The lowest BCUT2D eigenvalue weighted by molar-refractivity contribution is 0.0557. The Morgan fingerprint density at radius 3 is 2.12 bits per heavy atom. The molecule has 0 spiro atoms. The van der Waals surface area contributed by atoms with Crippen LogP contribution in [0.2, 0.25) is 0 Å². The number of alkyl halides is 2. The molecule has 0 heterocycles. The van der Waals surface area contributed by atoms with E-state index in [0.29, 0.717) is 29.5 Å². The van der Waals surface area contributed by atoms with Gasteiger partial charge in [0.2, 0.25) is 10.0 Å². The molecule has 0 aliphatic carbocycles. The Kier molecular flexibility index (Phi) is 9.86. The van der Waals surface area contributed by atoms with Gasteiger partial charge < -0.3 is 14.5 Å². The number of benzene rings is 3. The Morgan fingerprint density at radius 2 is 1.60 bits per heavy atom. The predicted octanol–water partition coefficient (Wildman–Crippen LogP) is 7.33. The zero-order chi connectivity index (χ0) is 30.1. The van der Waals surface area contributed by atoms with Crippen LogP contribution in [-0.4, -0.2) is 31.1 Å². The van der Waals surface area contributed by atoms with Gasteiger partial charge in [-0.1, -0.05) is 72.2 Å². The first-order valence-electron chi connectivity index (χ1n) is 12.1. The van der Waals surface area contributed by atoms with Crippen LogP contribution in [0.5, 0.6) is 5.75 Å². The molecule has 0 radical (unpaired) electrons. The van der Waals surface area contributed by atoms with Gasteiger partial charge in [0, 0.05) is 10.0 Å². The highest BCUT2D eigenvalue weighted by atomic mass is 79.9. The van der Waals surface area contributed by atoms with E-state index in [-0.39, 0.29) is 4.47 Å². The van der Waals surface area contributed by atoms with Crippen LogP contribution in [0.15, 0.2) is 65.1 Å². The first-order valence-corrected chi connectivity index (χ1v) is 16.9. The van der Waals surface area contributed by atoms with E-state index in [1.54, 1.807) is 19.1 Å². The maximum absolute atomic E-state index is 14.3. The van der Waals surface area contributed by atoms with Gasteiger partial charge in [-0.25, -0.2) is 8.42 Å². The second-order valence-corrected chi connectivity index (χ2v) is 15.2. The molecule has 0 aliphatic rings. The summed E-state index contributed by atoms with van der Waals surface area (Å²) in [6.45, 7) is 6.35. The summed E-state index contributed by atoms with van der Waals surface area (Å²) in [7, 11) is -9.28. The lowest BCUT2D eigenvalue weighted by Crippen LogP contribution is -2.18. The number of anilines is 1. The maximum Gasteiger partial charge on any atom is 0.399 e. The molecule has 218 valence electrons. The standard InChI is InChI=1S/C27H31BrF2NO6PS2/c1-17(2)13-14-37-25-12-7-19(15-24(25)31-40(4,35)36)18-5-8-20(9-6-18)26(3,39)21-10-11-22(23(28)16-21)27(29,30)38(32,33)34/h5-12,15-17,31,39H,13-14H2,1-4H3,(H2,32,33,34). The highest BCUT2D eigenvalue weighted by molar-refractivity contribution is 9.10. The summed E-state index contributed by atoms with van der Waals surface area (Å²) in [5.41, 5.74) is -2.08. The van der Waals surface area contributed by atoms with Crippen LogP contribution < -0.4 is 9.46 Å². The van der Waals surface area contributed by atoms with E-state index in [4.69, 9.17) is 27.2 Å². The van der Waals surface area contributed by atoms with Gasteiger partial charge in [0.1, 0.15) is 5.75 Å². The molecule has 40 heavy (non-hydrogen) atoms. The van der Waals surface area contributed by atoms with Crippen LogP contribution in [-0.2, 0) is 25.0 Å². The summed E-state index contributed by atoms with van der Waals surface area (Å²) in [4.78, 5) is 18.2. The smallest absolute Gasteiger partial charge is 0.399 e. The van der Waals surface area contributed by atoms with Gasteiger partial charge >= 0.3 is 13.3 Å². The van der Waals surface area contributed by atoms with Crippen LogP contribution in [0.25, 0.3) is 11.1 Å². The minimum absolute atomic E-state index is 0.156. The molecule has 0 bridgehead atoms. The molecule has 0 fully saturated rings. The Morgan fingerprint density at radius 1 is 1.02 bits per heavy atom. The molecule has 0 aliphatic heterocycles. The molecular weight excluding hydrogens is 647 g/mol. The van der Waals surface area contributed by atoms with E-state index in [0.717, 1.165) is 35.4 Å². The number of sulfonamides is 1. The van der Waals surface area contributed by atoms with Crippen molar-refractivity contribution in [3.05, 3.63) is 81.8 Å². The molecule has 0 saturated heterocycles.